The standard InChI is InChI=1S/C12H8N2O2S/c15-12(16)8-1-3-14-6-10(13-11(14)5-8)9-2-4-17-7-9/h1-7H,(H,15,16). The van der Waals surface area contributed by atoms with Gasteiger partial charge in [-0.3, -0.25) is 0 Å². The van der Waals surface area contributed by atoms with Crippen LogP contribution in [-0.4, -0.2) is 20.5 Å². The van der Waals surface area contributed by atoms with Crippen molar-refractivity contribution in [3.63, 3.8) is 0 Å². The van der Waals surface area contributed by atoms with E-state index in [1.54, 1.807) is 29.7 Å². The van der Waals surface area contributed by atoms with E-state index in [2.05, 4.69) is 4.98 Å². The van der Waals surface area contributed by atoms with E-state index in [0.29, 0.717) is 5.65 Å². The molecule has 0 saturated carbocycles. The molecule has 0 aliphatic rings. The van der Waals surface area contributed by atoms with Gasteiger partial charge in [-0.05, 0) is 23.6 Å². The molecule has 0 aliphatic heterocycles. The van der Waals surface area contributed by atoms with E-state index in [1.807, 2.05) is 27.4 Å². The topological polar surface area (TPSA) is 54.6 Å². The molecule has 0 aromatic carbocycles. The van der Waals surface area contributed by atoms with Crippen molar-refractivity contribution >= 4 is 23.0 Å². The second kappa shape index (κ2) is 3.71. The SMILES string of the molecule is O=C(O)c1ccn2cc(-c3ccsc3)nc2c1. The zero-order chi connectivity index (χ0) is 11.8. The van der Waals surface area contributed by atoms with Crippen LogP contribution >= 0.6 is 11.3 Å². The summed E-state index contributed by atoms with van der Waals surface area (Å²) < 4.78 is 1.82. The molecular formula is C12H8N2O2S. The zero-order valence-corrected chi connectivity index (χ0v) is 9.52. The van der Waals surface area contributed by atoms with Crippen LogP contribution in [-0.2, 0) is 0 Å². The van der Waals surface area contributed by atoms with E-state index in [9.17, 15) is 4.79 Å². The average Bonchev–Trinajstić information content (AvgIpc) is 2.96. The smallest absolute Gasteiger partial charge is 0.335 e. The third-order valence-corrected chi connectivity index (χ3v) is 3.21. The maximum atomic E-state index is 10.8. The fourth-order valence-electron chi connectivity index (χ4n) is 1.66. The Labute approximate surface area is 101 Å². The van der Waals surface area contributed by atoms with E-state index in [4.69, 9.17) is 5.11 Å². The van der Waals surface area contributed by atoms with E-state index in [0.717, 1.165) is 11.3 Å². The van der Waals surface area contributed by atoms with Crippen molar-refractivity contribution in [3.8, 4) is 11.3 Å². The summed E-state index contributed by atoms with van der Waals surface area (Å²) in [6, 6.07) is 5.12. The summed E-state index contributed by atoms with van der Waals surface area (Å²) in [7, 11) is 0. The number of hydrogen-bond donors (Lipinski definition) is 1. The molecule has 0 unspecified atom stereocenters. The number of carboxylic acids is 1. The van der Waals surface area contributed by atoms with Crippen LogP contribution in [0.5, 0.6) is 0 Å². The molecule has 0 fully saturated rings. The molecule has 0 saturated heterocycles. The van der Waals surface area contributed by atoms with Gasteiger partial charge in [-0.15, -0.1) is 0 Å². The summed E-state index contributed by atoms with van der Waals surface area (Å²) in [5.41, 5.74) is 2.80. The minimum atomic E-state index is -0.937. The van der Waals surface area contributed by atoms with Gasteiger partial charge in [0.1, 0.15) is 5.65 Å². The maximum Gasteiger partial charge on any atom is 0.335 e. The van der Waals surface area contributed by atoms with Crippen LogP contribution in [0.1, 0.15) is 10.4 Å². The molecule has 0 bridgehead atoms. The van der Waals surface area contributed by atoms with Gasteiger partial charge in [-0.2, -0.15) is 11.3 Å². The number of nitrogens with zero attached hydrogens (tertiary/aromatic N) is 2. The van der Waals surface area contributed by atoms with Gasteiger partial charge < -0.3 is 9.51 Å². The zero-order valence-electron chi connectivity index (χ0n) is 8.70. The van der Waals surface area contributed by atoms with Gasteiger partial charge in [0.05, 0.1) is 11.3 Å². The first kappa shape index (κ1) is 10.0. The van der Waals surface area contributed by atoms with Crippen molar-refractivity contribution in [2.45, 2.75) is 0 Å². The quantitative estimate of drug-likeness (QED) is 0.754. The Bertz CT molecular complexity index is 686. The molecule has 5 heteroatoms. The maximum absolute atomic E-state index is 10.8. The molecule has 0 atom stereocenters. The van der Waals surface area contributed by atoms with Crippen molar-refractivity contribution in [2.75, 3.05) is 0 Å². The Balaban J connectivity index is 2.16. The number of hydrogen-bond acceptors (Lipinski definition) is 3. The molecule has 3 aromatic heterocycles. The molecule has 0 amide bonds. The molecule has 3 aromatic rings. The van der Waals surface area contributed by atoms with Crippen molar-refractivity contribution in [1.82, 2.24) is 9.38 Å². The van der Waals surface area contributed by atoms with Crippen molar-refractivity contribution < 1.29 is 9.90 Å². The molecule has 17 heavy (non-hydrogen) atoms. The van der Waals surface area contributed by atoms with Gasteiger partial charge >= 0.3 is 5.97 Å². The largest absolute Gasteiger partial charge is 0.478 e. The first-order chi connectivity index (χ1) is 8.24. The Morgan fingerprint density at radius 1 is 1.41 bits per heavy atom. The predicted molar refractivity (Wildman–Crippen MR) is 65.5 cm³/mol. The number of fused-ring (bicyclic) bond motifs is 1. The lowest BCUT2D eigenvalue weighted by Crippen LogP contribution is -1.96. The number of thiophene rings is 1. The second-order valence-electron chi connectivity index (χ2n) is 3.62. The van der Waals surface area contributed by atoms with Crippen molar-refractivity contribution in [3.05, 3.63) is 46.9 Å². The molecule has 4 nitrogen and oxygen atoms in total. The van der Waals surface area contributed by atoms with E-state index in [-0.39, 0.29) is 5.56 Å². The number of aromatic nitrogens is 2. The fourth-order valence-corrected chi connectivity index (χ4v) is 2.31. The molecule has 3 heterocycles. The summed E-state index contributed by atoms with van der Waals surface area (Å²) in [5, 5.41) is 12.9. The highest BCUT2D eigenvalue weighted by Gasteiger charge is 2.07. The van der Waals surface area contributed by atoms with E-state index < -0.39 is 5.97 Å². The summed E-state index contributed by atoms with van der Waals surface area (Å²) in [5.74, 6) is -0.937. The number of pyridine rings is 1. The van der Waals surface area contributed by atoms with Crippen LogP contribution in [0, 0.1) is 0 Å². The molecule has 0 spiro atoms. The number of rotatable bonds is 2. The first-order valence-electron chi connectivity index (χ1n) is 4.99. The monoisotopic (exact) mass is 244 g/mol. The third kappa shape index (κ3) is 1.70. The Morgan fingerprint density at radius 3 is 3.00 bits per heavy atom. The molecule has 1 N–H and O–H groups in total. The lowest BCUT2D eigenvalue weighted by atomic mass is 10.3. The van der Waals surface area contributed by atoms with Crippen LogP contribution < -0.4 is 0 Å². The average molecular weight is 244 g/mol. The number of carbonyl (C=O) groups is 1. The lowest BCUT2D eigenvalue weighted by molar-refractivity contribution is 0.0697. The van der Waals surface area contributed by atoms with Gasteiger partial charge in [-0.1, -0.05) is 0 Å². The summed E-state index contributed by atoms with van der Waals surface area (Å²) >= 11 is 1.61. The molecular weight excluding hydrogens is 236 g/mol. The summed E-state index contributed by atoms with van der Waals surface area (Å²) in [6.45, 7) is 0. The lowest BCUT2D eigenvalue weighted by Gasteiger charge is -1.94. The minimum Gasteiger partial charge on any atom is -0.478 e. The minimum absolute atomic E-state index is 0.250. The molecule has 0 aliphatic carbocycles. The summed E-state index contributed by atoms with van der Waals surface area (Å²) in [4.78, 5) is 15.2. The van der Waals surface area contributed by atoms with Gasteiger partial charge in [0.15, 0.2) is 0 Å². The Kier molecular flexibility index (Phi) is 2.19. The molecule has 3 rings (SSSR count). The fraction of sp³-hybridized carbons (Fsp3) is 0. The third-order valence-electron chi connectivity index (χ3n) is 2.52. The van der Waals surface area contributed by atoms with E-state index in [1.165, 1.54) is 0 Å². The predicted octanol–water partition coefficient (Wildman–Crippen LogP) is 2.76. The van der Waals surface area contributed by atoms with Crippen LogP contribution in [0.25, 0.3) is 16.9 Å². The Hall–Kier alpha value is -2.14. The second-order valence-corrected chi connectivity index (χ2v) is 4.40. The Morgan fingerprint density at radius 2 is 2.29 bits per heavy atom. The number of aromatic carboxylic acids is 1. The first-order valence-corrected chi connectivity index (χ1v) is 5.93. The van der Waals surface area contributed by atoms with Crippen molar-refractivity contribution in [2.24, 2.45) is 0 Å². The van der Waals surface area contributed by atoms with Gasteiger partial charge in [-0.25, -0.2) is 9.78 Å². The molecule has 84 valence electrons. The van der Waals surface area contributed by atoms with Crippen LogP contribution in [0.2, 0.25) is 0 Å². The van der Waals surface area contributed by atoms with Crippen LogP contribution in [0.4, 0.5) is 0 Å². The van der Waals surface area contributed by atoms with Crippen LogP contribution in [0.3, 0.4) is 0 Å². The van der Waals surface area contributed by atoms with Crippen molar-refractivity contribution in [1.29, 1.82) is 0 Å². The van der Waals surface area contributed by atoms with Crippen LogP contribution in [0.15, 0.2) is 41.4 Å². The van der Waals surface area contributed by atoms with Gasteiger partial charge in [0, 0.05) is 23.3 Å². The highest BCUT2D eigenvalue weighted by Crippen LogP contribution is 2.21. The normalized spacial score (nSPS) is 10.8. The van der Waals surface area contributed by atoms with Gasteiger partial charge in [0.25, 0.3) is 0 Å². The number of carboxylic acid groups (broad SMARTS) is 1. The highest BCUT2D eigenvalue weighted by atomic mass is 32.1. The number of imidazole rings is 1. The van der Waals surface area contributed by atoms with Gasteiger partial charge in [0.2, 0.25) is 0 Å². The highest BCUT2D eigenvalue weighted by molar-refractivity contribution is 7.08. The van der Waals surface area contributed by atoms with E-state index >= 15 is 0 Å². The molecule has 0 radical (unpaired) electrons. The summed E-state index contributed by atoms with van der Waals surface area (Å²) in [6.07, 6.45) is 3.60.